The average molecular weight is 271 g/mol. The minimum absolute atomic E-state index is 0.669. The molecular weight excluding hydrogens is 254 g/mol. The summed E-state index contributed by atoms with van der Waals surface area (Å²) in [6.07, 6.45) is 3.02. The molecule has 0 aliphatic carbocycles. The second-order valence-corrected chi connectivity index (χ2v) is 5.70. The van der Waals surface area contributed by atoms with Gasteiger partial charge in [-0.1, -0.05) is 17.7 Å². The number of imidazole rings is 1. The first-order valence-electron chi connectivity index (χ1n) is 6.42. The zero-order valence-corrected chi connectivity index (χ0v) is 12.0. The van der Waals surface area contributed by atoms with Crippen molar-refractivity contribution in [3.8, 4) is 11.3 Å². The number of nitrogens with zero attached hydrogens (tertiary/aromatic N) is 2. The molecule has 0 saturated heterocycles. The second kappa shape index (κ2) is 4.79. The lowest BCUT2D eigenvalue weighted by Crippen LogP contribution is -2.04. The van der Waals surface area contributed by atoms with Crippen LogP contribution in [0.4, 0.5) is 0 Å². The van der Waals surface area contributed by atoms with Gasteiger partial charge in [0.1, 0.15) is 0 Å². The third-order valence-electron chi connectivity index (χ3n) is 3.35. The number of aromatic nitrogens is 2. The van der Waals surface area contributed by atoms with E-state index in [1.807, 2.05) is 0 Å². The molecule has 0 radical (unpaired) electrons. The summed E-state index contributed by atoms with van der Waals surface area (Å²) in [6.45, 7) is 4.91. The predicted molar refractivity (Wildman–Crippen MR) is 80.7 cm³/mol. The van der Waals surface area contributed by atoms with Gasteiger partial charge in [0.05, 0.1) is 5.69 Å². The first-order valence-corrected chi connectivity index (χ1v) is 7.30. The van der Waals surface area contributed by atoms with Crippen LogP contribution in [0.1, 0.15) is 16.8 Å². The average Bonchev–Trinajstić information content (AvgIpc) is 2.95. The topological polar surface area (TPSA) is 43.3 Å². The van der Waals surface area contributed by atoms with E-state index >= 15 is 0 Å². The third kappa shape index (κ3) is 2.17. The fraction of sp³-hybridized carbons (Fsp3) is 0.267. The number of thiazole rings is 1. The molecule has 0 spiro atoms. The van der Waals surface area contributed by atoms with Crippen molar-refractivity contribution in [1.29, 1.82) is 0 Å². The van der Waals surface area contributed by atoms with Gasteiger partial charge in [0.15, 0.2) is 4.96 Å². The molecule has 98 valence electrons. The van der Waals surface area contributed by atoms with E-state index in [2.05, 4.69) is 48.0 Å². The molecule has 19 heavy (non-hydrogen) atoms. The molecule has 0 unspecified atom stereocenters. The lowest BCUT2D eigenvalue weighted by Gasteiger charge is -2.03. The van der Waals surface area contributed by atoms with Gasteiger partial charge in [0, 0.05) is 29.3 Å². The Morgan fingerprint density at radius 2 is 2.16 bits per heavy atom. The molecule has 2 aromatic heterocycles. The first kappa shape index (κ1) is 12.4. The Labute approximate surface area is 116 Å². The normalized spacial score (nSPS) is 11.3. The van der Waals surface area contributed by atoms with Crippen molar-refractivity contribution in [2.75, 3.05) is 6.54 Å². The summed E-state index contributed by atoms with van der Waals surface area (Å²) in [6, 6.07) is 6.49. The van der Waals surface area contributed by atoms with Gasteiger partial charge >= 0.3 is 0 Å². The molecule has 0 aliphatic rings. The number of rotatable bonds is 3. The Kier molecular flexibility index (Phi) is 3.12. The van der Waals surface area contributed by atoms with E-state index in [0.717, 1.165) is 17.1 Å². The highest BCUT2D eigenvalue weighted by atomic mass is 32.1. The van der Waals surface area contributed by atoms with Gasteiger partial charge < -0.3 is 5.73 Å². The number of hydrogen-bond donors (Lipinski definition) is 1. The first-order chi connectivity index (χ1) is 9.19. The van der Waals surface area contributed by atoms with E-state index in [0.29, 0.717) is 6.54 Å². The Morgan fingerprint density at radius 1 is 1.32 bits per heavy atom. The SMILES string of the molecule is Cc1ccc(C)c(-c2cn3c(CCN)csc3n2)c1. The number of benzene rings is 1. The summed E-state index contributed by atoms with van der Waals surface area (Å²) in [5.41, 5.74) is 11.7. The molecule has 1 aromatic carbocycles. The monoisotopic (exact) mass is 271 g/mol. The van der Waals surface area contributed by atoms with Crippen LogP contribution in [0.15, 0.2) is 29.8 Å². The van der Waals surface area contributed by atoms with E-state index in [-0.39, 0.29) is 0 Å². The maximum Gasteiger partial charge on any atom is 0.194 e. The fourth-order valence-electron chi connectivity index (χ4n) is 2.30. The zero-order valence-electron chi connectivity index (χ0n) is 11.2. The maximum absolute atomic E-state index is 5.64. The Bertz CT molecular complexity index is 724. The van der Waals surface area contributed by atoms with Crippen molar-refractivity contribution in [3.05, 3.63) is 46.6 Å². The lowest BCUT2D eigenvalue weighted by atomic mass is 10.0. The van der Waals surface area contributed by atoms with Crippen molar-refractivity contribution in [2.24, 2.45) is 5.73 Å². The molecule has 0 saturated carbocycles. The maximum atomic E-state index is 5.64. The number of fused-ring (bicyclic) bond motifs is 1. The summed E-state index contributed by atoms with van der Waals surface area (Å²) in [5.74, 6) is 0. The van der Waals surface area contributed by atoms with E-state index in [4.69, 9.17) is 10.7 Å². The smallest absolute Gasteiger partial charge is 0.194 e. The van der Waals surface area contributed by atoms with Crippen molar-refractivity contribution >= 4 is 16.3 Å². The van der Waals surface area contributed by atoms with Crippen LogP contribution in [0, 0.1) is 13.8 Å². The molecule has 3 nitrogen and oxygen atoms in total. The summed E-state index contributed by atoms with van der Waals surface area (Å²) >= 11 is 1.68. The molecule has 0 atom stereocenters. The van der Waals surface area contributed by atoms with Gasteiger partial charge in [-0.05, 0) is 32.0 Å². The lowest BCUT2D eigenvalue weighted by molar-refractivity contribution is 0.909. The van der Waals surface area contributed by atoms with Gasteiger partial charge in [-0.3, -0.25) is 4.40 Å². The van der Waals surface area contributed by atoms with Crippen LogP contribution in [-0.2, 0) is 6.42 Å². The van der Waals surface area contributed by atoms with Crippen LogP contribution in [-0.4, -0.2) is 15.9 Å². The van der Waals surface area contributed by atoms with Crippen LogP contribution in [0.25, 0.3) is 16.2 Å². The highest BCUT2D eigenvalue weighted by Gasteiger charge is 2.10. The predicted octanol–water partition coefficient (Wildman–Crippen LogP) is 3.18. The molecule has 0 amide bonds. The molecule has 0 aliphatic heterocycles. The molecule has 4 heteroatoms. The zero-order chi connectivity index (χ0) is 13.4. The standard InChI is InChI=1S/C15H17N3S/c1-10-3-4-11(2)13(7-10)14-8-18-12(5-6-16)9-19-15(18)17-14/h3-4,7-9H,5-6,16H2,1-2H3. The second-order valence-electron chi connectivity index (χ2n) is 4.86. The number of nitrogens with two attached hydrogens (primary N) is 1. The fourth-order valence-corrected chi connectivity index (χ4v) is 3.21. The minimum atomic E-state index is 0.669. The van der Waals surface area contributed by atoms with Crippen LogP contribution in [0.3, 0.4) is 0 Å². The van der Waals surface area contributed by atoms with Crippen LogP contribution in [0.5, 0.6) is 0 Å². The number of aryl methyl sites for hydroxylation is 2. The van der Waals surface area contributed by atoms with Crippen molar-refractivity contribution < 1.29 is 0 Å². The Balaban J connectivity index is 2.12. The van der Waals surface area contributed by atoms with Gasteiger partial charge in [-0.15, -0.1) is 11.3 Å². The van der Waals surface area contributed by atoms with E-state index in [1.165, 1.54) is 22.4 Å². The molecule has 0 fully saturated rings. The molecule has 2 N–H and O–H groups in total. The summed E-state index contributed by atoms with van der Waals surface area (Å²) in [4.78, 5) is 5.77. The molecule has 2 heterocycles. The summed E-state index contributed by atoms with van der Waals surface area (Å²) in [5, 5.41) is 2.14. The van der Waals surface area contributed by atoms with Crippen LogP contribution < -0.4 is 5.73 Å². The Morgan fingerprint density at radius 3 is 2.95 bits per heavy atom. The number of hydrogen-bond acceptors (Lipinski definition) is 3. The van der Waals surface area contributed by atoms with Crippen molar-refractivity contribution in [2.45, 2.75) is 20.3 Å². The van der Waals surface area contributed by atoms with Crippen LogP contribution >= 0.6 is 11.3 Å². The quantitative estimate of drug-likeness (QED) is 0.795. The Hall–Kier alpha value is -1.65. The van der Waals surface area contributed by atoms with Gasteiger partial charge in [-0.25, -0.2) is 4.98 Å². The highest BCUT2D eigenvalue weighted by Crippen LogP contribution is 2.27. The molecular formula is C15H17N3S. The minimum Gasteiger partial charge on any atom is -0.330 e. The van der Waals surface area contributed by atoms with E-state index in [1.54, 1.807) is 11.3 Å². The van der Waals surface area contributed by atoms with Gasteiger partial charge in [0.2, 0.25) is 0 Å². The molecule has 3 aromatic rings. The van der Waals surface area contributed by atoms with Gasteiger partial charge in [0.25, 0.3) is 0 Å². The summed E-state index contributed by atoms with van der Waals surface area (Å²) < 4.78 is 2.16. The van der Waals surface area contributed by atoms with Crippen molar-refractivity contribution in [3.63, 3.8) is 0 Å². The third-order valence-corrected chi connectivity index (χ3v) is 4.24. The van der Waals surface area contributed by atoms with E-state index in [9.17, 15) is 0 Å². The van der Waals surface area contributed by atoms with Crippen molar-refractivity contribution in [1.82, 2.24) is 9.38 Å². The highest BCUT2D eigenvalue weighted by molar-refractivity contribution is 7.15. The van der Waals surface area contributed by atoms with E-state index < -0.39 is 0 Å². The molecule has 0 bridgehead atoms. The van der Waals surface area contributed by atoms with Gasteiger partial charge in [-0.2, -0.15) is 0 Å². The van der Waals surface area contributed by atoms with Crippen LogP contribution in [0.2, 0.25) is 0 Å². The summed E-state index contributed by atoms with van der Waals surface area (Å²) in [7, 11) is 0. The molecule has 3 rings (SSSR count). The largest absolute Gasteiger partial charge is 0.330 e.